The van der Waals surface area contributed by atoms with E-state index in [1.807, 2.05) is 28.7 Å². The van der Waals surface area contributed by atoms with Crippen LogP contribution in [-0.4, -0.2) is 46.2 Å². The number of thiophene rings is 1. The van der Waals surface area contributed by atoms with Crippen LogP contribution in [0.4, 0.5) is 0 Å². The van der Waals surface area contributed by atoms with Crippen molar-refractivity contribution in [3.8, 4) is 22.9 Å². The van der Waals surface area contributed by atoms with E-state index in [1.165, 1.54) is 4.88 Å². The van der Waals surface area contributed by atoms with Gasteiger partial charge in [-0.25, -0.2) is 5.43 Å². The number of hydrogen-bond acceptors (Lipinski definition) is 9. The average molecular weight is 439 g/mol. The zero-order valence-corrected chi connectivity index (χ0v) is 17.8. The van der Waals surface area contributed by atoms with E-state index in [4.69, 9.17) is 14.0 Å². The fourth-order valence-corrected chi connectivity index (χ4v) is 4.59. The summed E-state index contributed by atoms with van der Waals surface area (Å²) in [5, 5.41) is 7.99. The van der Waals surface area contributed by atoms with Crippen LogP contribution in [0.5, 0.6) is 11.5 Å². The summed E-state index contributed by atoms with van der Waals surface area (Å²) in [6.07, 6.45) is 4.32. The van der Waals surface area contributed by atoms with Crippen molar-refractivity contribution in [2.24, 2.45) is 0 Å². The topological polar surface area (TPSA) is 93.0 Å². The molecule has 2 aliphatic rings. The first-order chi connectivity index (χ1) is 15.2. The number of benzene rings is 1. The Balaban J connectivity index is 1.30. The van der Waals surface area contributed by atoms with Crippen LogP contribution in [0.2, 0.25) is 0 Å². The summed E-state index contributed by atoms with van der Waals surface area (Å²) in [4.78, 5) is 20.3. The molecule has 1 amide bonds. The third kappa shape index (κ3) is 3.64. The van der Waals surface area contributed by atoms with Gasteiger partial charge in [0.1, 0.15) is 24.1 Å². The van der Waals surface area contributed by atoms with Gasteiger partial charge in [-0.05, 0) is 23.6 Å². The van der Waals surface area contributed by atoms with E-state index in [9.17, 15) is 4.79 Å². The molecule has 0 saturated carbocycles. The number of carbonyl (C=O) groups excluding carboxylic acids is 1. The number of amides is 1. The van der Waals surface area contributed by atoms with E-state index in [-0.39, 0.29) is 24.5 Å². The molecular formula is C21H21N5O4S. The minimum absolute atomic E-state index is 0.00386. The SMILES string of the molecule is COc1ccc(-c2noc(CN3C=CN4NC(c5cccs5)CC4C3=O)n2)c(OC)c1. The summed E-state index contributed by atoms with van der Waals surface area (Å²) in [5.74, 6) is 1.98. The summed E-state index contributed by atoms with van der Waals surface area (Å²) in [6.45, 7) is 0.203. The van der Waals surface area contributed by atoms with E-state index in [1.54, 1.807) is 48.8 Å². The fourth-order valence-electron chi connectivity index (χ4n) is 3.80. The van der Waals surface area contributed by atoms with Crippen molar-refractivity contribution in [2.75, 3.05) is 14.2 Å². The Bertz CT molecular complexity index is 1110. The van der Waals surface area contributed by atoms with Gasteiger partial charge < -0.3 is 23.9 Å². The van der Waals surface area contributed by atoms with Crippen LogP contribution in [0.25, 0.3) is 11.4 Å². The molecule has 0 spiro atoms. The van der Waals surface area contributed by atoms with E-state index < -0.39 is 0 Å². The zero-order valence-electron chi connectivity index (χ0n) is 17.0. The zero-order chi connectivity index (χ0) is 21.4. The minimum Gasteiger partial charge on any atom is -0.497 e. The Morgan fingerprint density at radius 2 is 2.16 bits per heavy atom. The second kappa shape index (κ2) is 8.05. The van der Waals surface area contributed by atoms with Gasteiger partial charge in [0.2, 0.25) is 11.7 Å². The van der Waals surface area contributed by atoms with Gasteiger partial charge in [0.15, 0.2) is 0 Å². The largest absolute Gasteiger partial charge is 0.497 e. The van der Waals surface area contributed by atoms with E-state index in [2.05, 4.69) is 21.6 Å². The lowest BCUT2D eigenvalue weighted by Crippen LogP contribution is -2.47. The molecule has 1 fully saturated rings. The lowest BCUT2D eigenvalue weighted by Gasteiger charge is -2.30. The number of hydrogen-bond donors (Lipinski definition) is 1. The molecule has 2 atom stereocenters. The third-order valence-corrected chi connectivity index (χ3v) is 6.37. The fraction of sp³-hybridized carbons (Fsp3) is 0.286. The molecule has 4 heterocycles. The second-order valence-corrected chi connectivity index (χ2v) is 8.18. The van der Waals surface area contributed by atoms with Gasteiger partial charge in [0.25, 0.3) is 5.91 Å². The molecule has 1 saturated heterocycles. The summed E-state index contributed by atoms with van der Waals surface area (Å²) < 4.78 is 16.1. The Morgan fingerprint density at radius 1 is 1.26 bits per heavy atom. The predicted octanol–water partition coefficient (Wildman–Crippen LogP) is 2.95. The molecule has 2 unspecified atom stereocenters. The molecule has 2 aliphatic heterocycles. The monoisotopic (exact) mass is 439 g/mol. The van der Waals surface area contributed by atoms with Crippen molar-refractivity contribution in [3.63, 3.8) is 0 Å². The first-order valence-corrected chi connectivity index (χ1v) is 10.7. The number of nitrogens with zero attached hydrogens (tertiary/aromatic N) is 4. The molecule has 0 aliphatic carbocycles. The van der Waals surface area contributed by atoms with Gasteiger partial charge in [-0.3, -0.25) is 4.79 Å². The van der Waals surface area contributed by atoms with E-state index >= 15 is 0 Å². The number of methoxy groups -OCH3 is 2. The first-order valence-electron chi connectivity index (χ1n) is 9.78. The van der Waals surface area contributed by atoms with Crippen LogP contribution in [-0.2, 0) is 11.3 Å². The highest BCUT2D eigenvalue weighted by molar-refractivity contribution is 7.10. The third-order valence-electron chi connectivity index (χ3n) is 5.38. The van der Waals surface area contributed by atoms with Crippen molar-refractivity contribution in [1.29, 1.82) is 0 Å². The number of aromatic nitrogens is 2. The lowest BCUT2D eigenvalue weighted by molar-refractivity contribution is -0.135. The number of rotatable bonds is 6. The maximum Gasteiger partial charge on any atom is 0.251 e. The summed E-state index contributed by atoms with van der Waals surface area (Å²) in [7, 11) is 3.16. The second-order valence-electron chi connectivity index (χ2n) is 7.20. The molecule has 3 aromatic rings. The van der Waals surface area contributed by atoms with Gasteiger partial charge in [-0.2, -0.15) is 4.98 Å². The molecule has 5 rings (SSSR count). The van der Waals surface area contributed by atoms with Crippen molar-refractivity contribution in [2.45, 2.75) is 25.0 Å². The Hall–Kier alpha value is -3.37. The normalized spacial score (nSPS) is 20.3. The van der Waals surface area contributed by atoms with Gasteiger partial charge in [0.05, 0.1) is 25.8 Å². The number of hydrazine groups is 1. The highest BCUT2D eigenvalue weighted by atomic mass is 32.1. The van der Waals surface area contributed by atoms with Crippen LogP contribution in [0.15, 0.2) is 52.6 Å². The molecule has 0 radical (unpaired) electrons. The van der Waals surface area contributed by atoms with Crippen molar-refractivity contribution < 1.29 is 18.8 Å². The van der Waals surface area contributed by atoms with Crippen LogP contribution in [0, 0.1) is 0 Å². The van der Waals surface area contributed by atoms with Crippen molar-refractivity contribution >= 4 is 17.2 Å². The summed E-state index contributed by atoms with van der Waals surface area (Å²) >= 11 is 1.69. The average Bonchev–Trinajstić information content (AvgIpc) is 3.55. The summed E-state index contributed by atoms with van der Waals surface area (Å²) in [5.41, 5.74) is 4.08. The van der Waals surface area contributed by atoms with Crippen LogP contribution in [0.3, 0.4) is 0 Å². The Kier molecular flexibility index (Phi) is 5.08. The van der Waals surface area contributed by atoms with Gasteiger partial charge in [-0.15, -0.1) is 11.3 Å². The molecule has 10 heteroatoms. The number of carbonyl (C=O) groups is 1. The van der Waals surface area contributed by atoms with Gasteiger partial charge >= 0.3 is 0 Å². The molecule has 1 aromatic carbocycles. The molecule has 9 nitrogen and oxygen atoms in total. The molecule has 1 N–H and O–H groups in total. The van der Waals surface area contributed by atoms with Crippen LogP contribution in [0.1, 0.15) is 23.2 Å². The minimum atomic E-state index is -0.263. The maximum absolute atomic E-state index is 13.0. The number of fused-ring (bicyclic) bond motifs is 1. The molecule has 31 heavy (non-hydrogen) atoms. The highest BCUT2D eigenvalue weighted by Gasteiger charge is 2.40. The van der Waals surface area contributed by atoms with E-state index in [0.29, 0.717) is 35.2 Å². The molecule has 2 aromatic heterocycles. The van der Waals surface area contributed by atoms with Gasteiger partial charge in [0, 0.05) is 29.8 Å². The Labute approximate surface area is 182 Å². The lowest BCUT2D eigenvalue weighted by atomic mass is 10.1. The first kappa shape index (κ1) is 19.6. The molecule has 0 bridgehead atoms. The van der Waals surface area contributed by atoms with Crippen molar-refractivity contribution in [3.05, 3.63) is 58.9 Å². The van der Waals surface area contributed by atoms with Crippen molar-refractivity contribution in [1.82, 2.24) is 25.5 Å². The summed E-state index contributed by atoms with van der Waals surface area (Å²) in [6, 6.07) is 9.35. The van der Waals surface area contributed by atoms with Crippen LogP contribution >= 0.6 is 11.3 Å². The van der Waals surface area contributed by atoms with E-state index in [0.717, 1.165) is 0 Å². The number of ether oxygens (including phenoxy) is 2. The quantitative estimate of drug-likeness (QED) is 0.627. The highest BCUT2D eigenvalue weighted by Crippen LogP contribution is 2.34. The standard InChI is InChI=1S/C21H21N5O4S/c1-28-13-5-6-14(17(10-13)29-2)20-22-19(30-24-20)12-25-7-8-26-16(21(25)27)11-15(23-26)18-4-3-9-31-18/h3-10,15-16,23H,11-12H2,1-2H3. The molecular weight excluding hydrogens is 418 g/mol. The van der Waals surface area contributed by atoms with Gasteiger partial charge in [-0.1, -0.05) is 11.2 Å². The predicted molar refractivity (Wildman–Crippen MR) is 113 cm³/mol. The van der Waals surface area contributed by atoms with Crippen LogP contribution < -0.4 is 14.9 Å². The smallest absolute Gasteiger partial charge is 0.251 e. The Morgan fingerprint density at radius 3 is 2.94 bits per heavy atom. The number of nitrogens with one attached hydrogen (secondary N) is 1. The molecule has 160 valence electrons. The maximum atomic E-state index is 13.0.